The Bertz CT molecular complexity index is 879. The molecule has 2 aliphatic heterocycles. The molecule has 1 aromatic carbocycles. The predicted octanol–water partition coefficient (Wildman–Crippen LogP) is 1.71. The molecule has 0 radical (unpaired) electrons. The van der Waals surface area contributed by atoms with Crippen molar-refractivity contribution >= 4 is 28.4 Å². The number of aryl methyl sites for hydroxylation is 1. The second-order valence-electron chi connectivity index (χ2n) is 7.56. The van der Waals surface area contributed by atoms with Crippen molar-refractivity contribution in [2.75, 3.05) is 50.8 Å². The molecule has 0 aliphatic carbocycles. The summed E-state index contributed by atoms with van der Waals surface area (Å²) in [6, 6.07) is 8.46. The maximum atomic E-state index is 12.6. The number of carbonyl (C=O) groups is 2. The van der Waals surface area contributed by atoms with Gasteiger partial charge in [0.05, 0.1) is 31.4 Å². The molecule has 2 N–H and O–H groups in total. The summed E-state index contributed by atoms with van der Waals surface area (Å²) in [5.74, 6) is -0.0666. The second-order valence-corrected chi connectivity index (χ2v) is 8.40. The molecule has 2 aromatic rings. The van der Waals surface area contributed by atoms with Crippen LogP contribution in [0.1, 0.15) is 22.9 Å². The molecule has 9 heteroatoms. The zero-order valence-corrected chi connectivity index (χ0v) is 17.9. The van der Waals surface area contributed by atoms with Crippen molar-refractivity contribution in [2.45, 2.75) is 19.4 Å². The average Bonchev–Trinajstić information content (AvgIpc) is 3.39. The number of rotatable bonds is 7. The minimum atomic E-state index is -0.133. The third-order valence-electron chi connectivity index (χ3n) is 5.41. The van der Waals surface area contributed by atoms with Crippen molar-refractivity contribution in [3.63, 3.8) is 0 Å². The molecule has 2 fully saturated rings. The number of benzene rings is 1. The Labute approximate surface area is 180 Å². The molecule has 8 nitrogen and oxygen atoms in total. The minimum Gasteiger partial charge on any atom is -0.379 e. The van der Waals surface area contributed by atoms with E-state index in [1.165, 1.54) is 22.5 Å². The molecule has 1 unspecified atom stereocenters. The summed E-state index contributed by atoms with van der Waals surface area (Å²) in [6.45, 7) is 6.95. The van der Waals surface area contributed by atoms with Gasteiger partial charge in [0.2, 0.25) is 5.91 Å². The first-order chi connectivity index (χ1) is 14.6. The summed E-state index contributed by atoms with van der Waals surface area (Å²) in [6.07, 6.45) is 0.204. The van der Waals surface area contributed by atoms with Crippen LogP contribution in [-0.4, -0.2) is 67.8 Å². The summed E-state index contributed by atoms with van der Waals surface area (Å²) >= 11 is 1.39. The second kappa shape index (κ2) is 9.55. The van der Waals surface area contributed by atoms with Gasteiger partial charge < -0.3 is 15.4 Å². The number of thiazole rings is 1. The van der Waals surface area contributed by atoms with Crippen LogP contribution in [0.2, 0.25) is 0 Å². The quantitative estimate of drug-likeness (QED) is 0.700. The van der Waals surface area contributed by atoms with Crippen molar-refractivity contribution in [1.82, 2.24) is 20.5 Å². The van der Waals surface area contributed by atoms with Gasteiger partial charge in [0.1, 0.15) is 0 Å². The first-order valence-electron chi connectivity index (χ1n) is 10.2. The van der Waals surface area contributed by atoms with E-state index in [0.29, 0.717) is 43.7 Å². The minimum absolute atomic E-state index is 0.0666. The summed E-state index contributed by atoms with van der Waals surface area (Å²) in [5, 5.41) is 8.33. The van der Waals surface area contributed by atoms with E-state index < -0.39 is 0 Å². The largest absolute Gasteiger partial charge is 0.379 e. The number of morpholine rings is 1. The van der Waals surface area contributed by atoms with Gasteiger partial charge in [-0.1, -0.05) is 29.8 Å². The topological polar surface area (TPSA) is 86.8 Å². The lowest BCUT2D eigenvalue weighted by Crippen LogP contribution is -2.44. The Hall–Kier alpha value is -2.49. The highest BCUT2D eigenvalue weighted by atomic mass is 32.1. The molecule has 0 spiro atoms. The van der Waals surface area contributed by atoms with E-state index in [1.54, 1.807) is 4.90 Å². The van der Waals surface area contributed by atoms with Crippen molar-refractivity contribution in [2.24, 2.45) is 0 Å². The van der Waals surface area contributed by atoms with Gasteiger partial charge in [-0.05, 0) is 12.5 Å². The van der Waals surface area contributed by atoms with Gasteiger partial charge in [-0.2, -0.15) is 0 Å². The summed E-state index contributed by atoms with van der Waals surface area (Å²) < 4.78 is 5.49. The van der Waals surface area contributed by atoms with Crippen LogP contribution in [0, 0.1) is 6.92 Å². The van der Waals surface area contributed by atoms with Gasteiger partial charge in [-0.25, -0.2) is 9.78 Å². The maximum absolute atomic E-state index is 12.6. The predicted molar refractivity (Wildman–Crippen MR) is 116 cm³/mol. The molecule has 1 aromatic heterocycles. The smallest absolute Gasteiger partial charge is 0.323 e. The Balaban J connectivity index is 1.37. The first kappa shape index (κ1) is 20.8. The SMILES string of the molecule is Cc1ccc(C(CNC(=O)Cc2csc(N3CCNC3=O)n2)N2CCOCC2)cc1. The Morgan fingerprint density at radius 3 is 2.73 bits per heavy atom. The highest BCUT2D eigenvalue weighted by Gasteiger charge is 2.25. The number of anilines is 1. The zero-order chi connectivity index (χ0) is 20.9. The molecule has 0 saturated carbocycles. The first-order valence-corrected chi connectivity index (χ1v) is 11.1. The van der Waals surface area contributed by atoms with Gasteiger partial charge in [-0.15, -0.1) is 11.3 Å². The van der Waals surface area contributed by atoms with E-state index in [-0.39, 0.29) is 24.4 Å². The van der Waals surface area contributed by atoms with Gasteiger partial charge in [0, 0.05) is 38.1 Å². The number of hydrogen-bond acceptors (Lipinski definition) is 6. The molecular formula is C21H27N5O3S. The van der Waals surface area contributed by atoms with Crippen LogP contribution >= 0.6 is 11.3 Å². The summed E-state index contributed by atoms with van der Waals surface area (Å²) in [4.78, 5) is 32.8. The standard InChI is InChI=1S/C21H27N5O3S/c1-15-2-4-16(5-3-15)18(25-8-10-29-11-9-25)13-23-19(27)12-17-14-30-21(24-17)26-7-6-22-20(26)28/h2-5,14,18H,6-13H2,1H3,(H,22,28)(H,23,27). The molecule has 4 rings (SSSR count). The Morgan fingerprint density at radius 1 is 1.27 bits per heavy atom. The normalized spacial score (nSPS) is 18.3. The van der Waals surface area contributed by atoms with Gasteiger partial charge in [0.15, 0.2) is 5.13 Å². The summed E-state index contributed by atoms with van der Waals surface area (Å²) in [7, 11) is 0. The van der Waals surface area contributed by atoms with E-state index in [4.69, 9.17) is 4.74 Å². The van der Waals surface area contributed by atoms with Gasteiger partial charge >= 0.3 is 6.03 Å². The van der Waals surface area contributed by atoms with Crippen molar-refractivity contribution in [1.29, 1.82) is 0 Å². The molecule has 160 valence electrons. The van der Waals surface area contributed by atoms with Gasteiger partial charge in [-0.3, -0.25) is 14.6 Å². The monoisotopic (exact) mass is 429 g/mol. The highest BCUT2D eigenvalue weighted by Crippen LogP contribution is 2.23. The number of nitrogens with zero attached hydrogens (tertiary/aromatic N) is 3. The lowest BCUT2D eigenvalue weighted by Gasteiger charge is -2.35. The van der Waals surface area contributed by atoms with Gasteiger partial charge in [0.25, 0.3) is 0 Å². The number of hydrogen-bond donors (Lipinski definition) is 2. The number of aromatic nitrogens is 1. The van der Waals surface area contributed by atoms with E-state index in [0.717, 1.165) is 13.1 Å². The molecular weight excluding hydrogens is 402 g/mol. The van der Waals surface area contributed by atoms with Crippen LogP contribution in [-0.2, 0) is 16.0 Å². The number of urea groups is 1. The number of amides is 3. The molecule has 2 aliphatic rings. The molecule has 2 saturated heterocycles. The van der Waals surface area contributed by atoms with E-state index in [9.17, 15) is 9.59 Å². The average molecular weight is 430 g/mol. The van der Waals surface area contributed by atoms with Crippen molar-refractivity contribution in [3.8, 4) is 0 Å². The zero-order valence-electron chi connectivity index (χ0n) is 17.1. The molecule has 1 atom stereocenters. The van der Waals surface area contributed by atoms with Crippen LogP contribution in [0.5, 0.6) is 0 Å². The van der Waals surface area contributed by atoms with Crippen LogP contribution in [0.3, 0.4) is 0 Å². The fourth-order valence-corrected chi connectivity index (χ4v) is 4.58. The molecule has 0 bridgehead atoms. The number of nitrogens with one attached hydrogen (secondary N) is 2. The molecule has 30 heavy (non-hydrogen) atoms. The maximum Gasteiger partial charge on any atom is 0.323 e. The molecule has 3 heterocycles. The molecule has 3 amide bonds. The number of carbonyl (C=O) groups excluding carboxylic acids is 2. The van der Waals surface area contributed by atoms with Crippen molar-refractivity contribution < 1.29 is 14.3 Å². The van der Waals surface area contributed by atoms with Crippen LogP contribution in [0.25, 0.3) is 0 Å². The Morgan fingerprint density at radius 2 is 2.03 bits per heavy atom. The fraction of sp³-hybridized carbons (Fsp3) is 0.476. The van der Waals surface area contributed by atoms with Crippen LogP contribution in [0.4, 0.5) is 9.93 Å². The Kier molecular flexibility index (Phi) is 6.61. The van der Waals surface area contributed by atoms with E-state index in [2.05, 4.69) is 51.7 Å². The third kappa shape index (κ3) is 4.97. The van der Waals surface area contributed by atoms with E-state index in [1.807, 2.05) is 5.38 Å². The van der Waals surface area contributed by atoms with Crippen molar-refractivity contribution in [3.05, 3.63) is 46.5 Å². The summed E-state index contributed by atoms with van der Waals surface area (Å²) in [5.41, 5.74) is 3.10. The third-order valence-corrected chi connectivity index (χ3v) is 6.32. The lowest BCUT2D eigenvalue weighted by molar-refractivity contribution is -0.120. The van der Waals surface area contributed by atoms with Crippen LogP contribution < -0.4 is 15.5 Å². The van der Waals surface area contributed by atoms with E-state index >= 15 is 0 Å². The highest BCUT2D eigenvalue weighted by molar-refractivity contribution is 7.14. The van der Waals surface area contributed by atoms with Crippen LogP contribution in [0.15, 0.2) is 29.6 Å². The number of ether oxygens (including phenoxy) is 1. The lowest BCUT2D eigenvalue weighted by atomic mass is 10.0. The fourth-order valence-electron chi connectivity index (χ4n) is 3.73.